The molecule has 0 radical (unpaired) electrons. The van der Waals surface area contributed by atoms with E-state index in [0.29, 0.717) is 5.89 Å². The van der Waals surface area contributed by atoms with Crippen molar-refractivity contribution in [1.82, 2.24) is 9.97 Å². The van der Waals surface area contributed by atoms with Crippen LogP contribution >= 0.6 is 0 Å². The van der Waals surface area contributed by atoms with Gasteiger partial charge in [-0.3, -0.25) is 4.98 Å². The van der Waals surface area contributed by atoms with Gasteiger partial charge in [0.05, 0.1) is 6.20 Å². The predicted octanol–water partition coefficient (Wildman–Crippen LogP) is 2.61. The van der Waals surface area contributed by atoms with Gasteiger partial charge in [0.25, 0.3) is 0 Å². The molecule has 3 heteroatoms. The molecular weight excluding hydrogens is 176 g/mol. The van der Waals surface area contributed by atoms with Crippen LogP contribution in [0, 0.1) is 6.92 Å². The van der Waals surface area contributed by atoms with Gasteiger partial charge in [-0.25, -0.2) is 4.98 Å². The van der Waals surface area contributed by atoms with Crippen molar-refractivity contribution in [2.75, 3.05) is 0 Å². The third-order valence-corrected chi connectivity index (χ3v) is 2.07. The van der Waals surface area contributed by atoms with E-state index < -0.39 is 0 Å². The largest absolute Gasteiger partial charge is 0.440 e. The lowest BCUT2D eigenvalue weighted by Gasteiger charge is -1.97. The van der Waals surface area contributed by atoms with E-state index in [2.05, 4.69) is 16.9 Å². The Balaban J connectivity index is 2.41. The van der Waals surface area contributed by atoms with Gasteiger partial charge in [-0.05, 0) is 31.0 Å². The Morgan fingerprint density at radius 2 is 2.21 bits per heavy atom. The summed E-state index contributed by atoms with van der Waals surface area (Å²) in [5, 5.41) is 0. The summed E-state index contributed by atoms with van der Waals surface area (Å²) >= 11 is 0. The second kappa shape index (κ2) is 3.62. The Bertz CT molecular complexity index is 434. The Hall–Kier alpha value is -1.64. The Kier molecular flexibility index (Phi) is 2.31. The summed E-state index contributed by atoms with van der Waals surface area (Å²) in [5.74, 6) is 1.40. The topological polar surface area (TPSA) is 38.9 Å². The molecule has 0 saturated carbocycles. The average Bonchev–Trinajstić information content (AvgIpc) is 2.65. The molecule has 0 fully saturated rings. The third kappa shape index (κ3) is 1.66. The van der Waals surface area contributed by atoms with Crippen molar-refractivity contribution < 1.29 is 4.42 Å². The number of rotatable bonds is 2. The van der Waals surface area contributed by atoms with Gasteiger partial charge >= 0.3 is 0 Å². The number of oxazole rings is 1. The van der Waals surface area contributed by atoms with Crippen molar-refractivity contribution in [2.45, 2.75) is 20.3 Å². The molecule has 0 N–H and O–H groups in total. The third-order valence-electron chi connectivity index (χ3n) is 2.07. The quantitative estimate of drug-likeness (QED) is 0.727. The van der Waals surface area contributed by atoms with Crippen molar-refractivity contribution in [3.63, 3.8) is 0 Å². The summed E-state index contributed by atoms with van der Waals surface area (Å²) in [6, 6.07) is 4.00. The van der Waals surface area contributed by atoms with E-state index >= 15 is 0 Å². The Morgan fingerprint density at radius 1 is 1.36 bits per heavy atom. The average molecular weight is 188 g/mol. The normalized spacial score (nSPS) is 10.4. The highest BCUT2D eigenvalue weighted by Gasteiger charge is 2.05. The maximum Gasteiger partial charge on any atom is 0.245 e. The SMILES string of the molecule is CCc1ccnc(-c2ncc(C)o2)c1. The zero-order valence-corrected chi connectivity index (χ0v) is 8.32. The lowest BCUT2D eigenvalue weighted by Crippen LogP contribution is -1.86. The molecule has 2 rings (SSSR count). The Morgan fingerprint density at radius 3 is 2.86 bits per heavy atom. The highest BCUT2D eigenvalue weighted by Crippen LogP contribution is 2.17. The number of pyridine rings is 1. The van der Waals surface area contributed by atoms with Crippen LogP contribution < -0.4 is 0 Å². The molecule has 0 spiro atoms. The van der Waals surface area contributed by atoms with Crippen LogP contribution in [0.3, 0.4) is 0 Å². The van der Waals surface area contributed by atoms with Crippen molar-refractivity contribution >= 4 is 0 Å². The number of nitrogens with zero attached hydrogens (tertiary/aromatic N) is 2. The highest BCUT2D eigenvalue weighted by atomic mass is 16.4. The van der Waals surface area contributed by atoms with Crippen molar-refractivity contribution in [1.29, 1.82) is 0 Å². The van der Waals surface area contributed by atoms with Gasteiger partial charge in [-0.15, -0.1) is 0 Å². The molecule has 0 aliphatic heterocycles. The first kappa shape index (κ1) is 8.94. The number of aryl methyl sites for hydroxylation is 2. The molecular formula is C11H12N2O. The summed E-state index contributed by atoms with van der Waals surface area (Å²) < 4.78 is 5.40. The van der Waals surface area contributed by atoms with E-state index in [9.17, 15) is 0 Å². The fourth-order valence-corrected chi connectivity index (χ4v) is 1.28. The number of hydrogen-bond acceptors (Lipinski definition) is 3. The minimum Gasteiger partial charge on any atom is -0.440 e. The molecule has 0 saturated heterocycles. The second-order valence-electron chi connectivity index (χ2n) is 3.18. The highest BCUT2D eigenvalue weighted by molar-refractivity contribution is 5.47. The summed E-state index contributed by atoms with van der Waals surface area (Å²) in [6.07, 6.45) is 4.48. The molecule has 14 heavy (non-hydrogen) atoms. The maximum absolute atomic E-state index is 5.40. The van der Waals surface area contributed by atoms with Crippen molar-refractivity contribution in [3.8, 4) is 11.6 Å². The smallest absolute Gasteiger partial charge is 0.245 e. The van der Waals surface area contributed by atoms with Crippen LogP contribution in [-0.2, 0) is 6.42 Å². The monoisotopic (exact) mass is 188 g/mol. The van der Waals surface area contributed by atoms with Gasteiger partial charge in [0, 0.05) is 6.20 Å². The van der Waals surface area contributed by atoms with Gasteiger partial charge in [-0.1, -0.05) is 6.92 Å². The number of aromatic nitrogens is 2. The van der Waals surface area contributed by atoms with E-state index in [0.717, 1.165) is 17.9 Å². The lowest BCUT2D eigenvalue weighted by molar-refractivity contribution is 0.540. The van der Waals surface area contributed by atoms with Crippen LogP contribution in [0.25, 0.3) is 11.6 Å². The molecule has 2 aromatic rings. The van der Waals surface area contributed by atoms with Crippen LogP contribution in [-0.4, -0.2) is 9.97 Å². The molecule has 3 nitrogen and oxygen atoms in total. The van der Waals surface area contributed by atoms with E-state index in [1.54, 1.807) is 12.4 Å². The summed E-state index contributed by atoms with van der Waals surface area (Å²) in [5.41, 5.74) is 2.04. The van der Waals surface area contributed by atoms with Crippen LogP contribution in [0.15, 0.2) is 28.9 Å². The molecule has 0 atom stereocenters. The fraction of sp³-hybridized carbons (Fsp3) is 0.273. The van der Waals surface area contributed by atoms with E-state index in [-0.39, 0.29) is 0 Å². The van der Waals surface area contributed by atoms with Crippen LogP contribution in [0.5, 0.6) is 0 Å². The molecule has 0 unspecified atom stereocenters. The van der Waals surface area contributed by atoms with Gasteiger partial charge in [0.1, 0.15) is 11.5 Å². The first-order chi connectivity index (χ1) is 6.79. The van der Waals surface area contributed by atoms with Gasteiger partial charge in [0.2, 0.25) is 5.89 Å². The first-order valence-electron chi connectivity index (χ1n) is 4.67. The summed E-state index contributed by atoms with van der Waals surface area (Å²) in [6.45, 7) is 3.99. The van der Waals surface area contributed by atoms with E-state index in [4.69, 9.17) is 4.42 Å². The zero-order valence-electron chi connectivity index (χ0n) is 8.32. The molecule has 0 aromatic carbocycles. The molecule has 2 heterocycles. The van der Waals surface area contributed by atoms with Crippen LogP contribution in [0.4, 0.5) is 0 Å². The van der Waals surface area contributed by atoms with E-state index in [1.165, 1.54) is 5.56 Å². The minimum absolute atomic E-state index is 0.595. The fourth-order valence-electron chi connectivity index (χ4n) is 1.28. The standard InChI is InChI=1S/C11H12N2O/c1-3-9-4-5-12-10(6-9)11-13-7-8(2)14-11/h4-7H,3H2,1-2H3. The maximum atomic E-state index is 5.40. The predicted molar refractivity (Wildman–Crippen MR) is 53.8 cm³/mol. The Labute approximate surface area is 82.8 Å². The van der Waals surface area contributed by atoms with Crippen LogP contribution in [0.1, 0.15) is 18.2 Å². The first-order valence-corrected chi connectivity index (χ1v) is 4.67. The van der Waals surface area contributed by atoms with Crippen molar-refractivity contribution in [3.05, 3.63) is 35.9 Å². The van der Waals surface area contributed by atoms with Crippen molar-refractivity contribution in [2.24, 2.45) is 0 Å². The van der Waals surface area contributed by atoms with E-state index in [1.807, 2.05) is 19.1 Å². The molecule has 0 aliphatic rings. The molecule has 0 bridgehead atoms. The molecule has 0 amide bonds. The molecule has 2 aromatic heterocycles. The zero-order chi connectivity index (χ0) is 9.97. The van der Waals surface area contributed by atoms with Crippen LogP contribution in [0.2, 0.25) is 0 Å². The molecule has 0 aliphatic carbocycles. The van der Waals surface area contributed by atoms with Gasteiger partial charge in [0.15, 0.2) is 0 Å². The lowest BCUT2D eigenvalue weighted by atomic mass is 10.2. The summed E-state index contributed by atoms with van der Waals surface area (Å²) in [4.78, 5) is 8.35. The minimum atomic E-state index is 0.595. The van der Waals surface area contributed by atoms with Gasteiger partial charge in [-0.2, -0.15) is 0 Å². The molecule has 72 valence electrons. The number of hydrogen-bond donors (Lipinski definition) is 0. The van der Waals surface area contributed by atoms with Gasteiger partial charge < -0.3 is 4.42 Å². The summed E-state index contributed by atoms with van der Waals surface area (Å²) in [7, 11) is 0. The second-order valence-corrected chi connectivity index (χ2v) is 3.18.